The number of hydroxylamine groups is 1. The SMILES string of the molecule is CONC(=O)/C(C)=C/c1ccc(Cl)cc1. The Morgan fingerprint density at radius 3 is 2.53 bits per heavy atom. The Labute approximate surface area is 93.6 Å². The molecule has 0 spiro atoms. The molecular formula is C11H12ClNO2. The summed E-state index contributed by atoms with van der Waals surface area (Å²) in [4.78, 5) is 15.8. The van der Waals surface area contributed by atoms with Crippen molar-refractivity contribution in [1.82, 2.24) is 5.48 Å². The molecule has 0 aliphatic carbocycles. The molecule has 1 amide bonds. The van der Waals surface area contributed by atoms with Crippen LogP contribution in [0.3, 0.4) is 0 Å². The molecule has 1 rings (SSSR count). The molecular weight excluding hydrogens is 214 g/mol. The zero-order valence-electron chi connectivity index (χ0n) is 8.58. The van der Waals surface area contributed by atoms with Gasteiger partial charge < -0.3 is 0 Å². The van der Waals surface area contributed by atoms with Crippen LogP contribution in [0.4, 0.5) is 0 Å². The third-order valence-electron chi connectivity index (χ3n) is 1.81. The van der Waals surface area contributed by atoms with E-state index in [2.05, 4.69) is 10.3 Å². The summed E-state index contributed by atoms with van der Waals surface area (Å²) in [6.45, 7) is 1.71. The molecule has 0 saturated heterocycles. The highest BCUT2D eigenvalue weighted by Gasteiger charge is 2.02. The second kappa shape index (κ2) is 5.53. The Balaban J connectivity index is 2.78. The summed E-state index contributed by atoms with van der Waals surface area (Å²) in [5.74, 6) is -0.257. The first-order valence-corrected chi connectivity index (χ1v) is 4.78. The van der Waals surface area contributed by atoms with Crippen molar-refractivity contribution in [3.8, 4) is 0 Å². The van der Waals surface area contributed by atoms with Crippen molar-refractivity contribution in [2.45, 2.75) is 6.92 Å². The molecule has 4 heteroatoms. The van der Waals surface area contributed by atoms with Crippen LogP contribution in [0.1, 0.15) is 12.5 Å². The Hall–Kier alpha value is -1.32. The Morgan fingerprint density at radius 2 is 2.00 bits per heavy atom. The van der Waals surface area contributed by atoms with Crippen molar-refractivity contribution in [3.63, 3.8) is 0 Å². The average molecular weight is 226 g/mol. The third-order valence-corrected chi connectivity index (χ3v) is 2.06. The minimum absolute atomic E-state index is 0.257. The smallest absolute Gasteiger partial charge is 0.270 e. The van der Waals surface area contributed by atoms with Gasteiger partial charge in [0.05, 0.1) is 7.11 Å². The standard InChI is InChI=1S/C11H12ClNO2/c1-8(11(14)13-15-2)7-9-3-5-10(12)6-4-9/h3-7H,1-2H3,(H,13,14)/b8-7+. The maximum absolute atomic E-state index is 11.3. The van der Waals surface area contributed by atoms with Gasteiger partial charge in [0.15, 0.2) is 0 Å². The van der Waals surface area contributed by atoms with Crippen LogP contribution in [0.15, 0.2) is 29.8 Å². The number of benzene rings is 1. The van der Waals surface area contributed by atoms with Crippen molar-refractivity contribution in [1.29, 1.82) is 0 Å². The molecule has 1 N–H and O–H groups in total. The van der Waals surface area contributed by atoms with Crippen LogP contribution < -0.4 is 5.48 Å². The molecule has 0 aromatic heterocycles. The molecule has 1 aromatic carbocycles. The minimum atomic E-state index is -0.257. The fraction of sp³-hybridized carbons (Fsp3) is 0.182. The van der Waals surface area contributed by atoms with Crippen LogP contribution >= 0.6 is 11.6 Å². The molecule has 0 heterocycles. The average Bonchev–Trinajstić information content (AvgIpc) is 2.22. The summed E-state index contributed by atoms with van der Waals surface area (Å²) in [6, 6.07) is 7.22. The van der Waals surface area contributed by atoms with Crippen LogP contribution in [-0.2, 0) is 9.63 Å². The van der Waals surface area contributed by atoms with E-state index in [1.165, 1.54) is 7.11 Å². The molecule has 0 aliphatic rings. The predicted molar refractivity (Wildman–Crippen MR) is 60.3 cm³/mol. The van der Waals surface area contributed by atoms with E-state index in [0.717, 1.165) is 5.56 Å². The Kier molecular flexibility index (Phi) is 4.34. The van der Waals surface area contributed by atoms with Gasteiger partial charge in [-0.2, -0.15) is 0 Å². The molecule has 1 aromatic rings. The van der Waals surface area contributed by atoms with Gasteiger partial charge in [-0.25, -0.2) is 5.48 Å². The molecule has 0 unspecified atom stereocenters. The fourth-order valence-electron chi connectivity index (χ4n) is 1.05. The number of hydrogen-bond donors (Lipinski definition) is 1. The maximum Gasteiger partial charge on any atom is 0.270 e. The van der Waals surface area contributed by atoms with Crippen LogP contribution in [-0.4, -0.2) is 13.0 Å². The Bertz CT molecular complexity index is 371. The number of halogens is 1. The number of hydrogen-bond acceptors (Lipinski definition) is 2. The summed E-state index contributed by atoms with van der Waals surface area (Å²) < 4.78 is 0. The number of nitrogens with one attached hydrogen (secondary N) is 1. The number of carbonyl (C=O) groups is 1. The van der Waals surface area contributed by atoms with E-state index < -0.39 is 0 Å². The molecule has 15 heavy (non-hydrogen) atoms. The quantitative estimate of drug-likeness (QED) is 0.634. The third kappa shape index (κ3) is 3.73. The second-order valence-electron chi connectivity index (χ2n) is 3.01. The van der Waals surface area contributed by atoms with E-state index in [1.807, 2.05) is 12.1 Å². The monoisotopic (exact) mass is 225 g/mol. The normalized spacial score (nSPS) is 11.3. The molecule has 3 nitrogen and oxygen atoms in total. The van der Waals surface area contributed by atoms with Gasteiger partial charge in [0.2, 0.25) is 0 Å². The Morgan fingerprint density at radius 1 is 1.40 bits per heavy atom. The summed E-state index contributed by atoms with van der Waals surface area (Å²) >= 11 is 5.74. The van der Waals surface area contributed by atoms with Gasteiger partial charge in [-0.3, -0.25) is 9.63 Å². The van der Waals surface area contributed by atoms with Gasteiger partial charge in [-0.1, -0.05) is 23.7 Å². The molecule has 0 fully saturated rings. The lowest BCUT2D eigenvalue weighted by atomic mass is 10.1. The van der Waals surface area contributed by atoms with Crippen molar-refractivity contribution in [2.75, 3.05) is 7.11 Å². The first-order valence-electron chi connectivity index (χ1n) is 4.40. The van der Waals surface area contributed by atoms with Gasteiger partial charge in [0, 0.05) is 10.6 Å². The minimum Gasteiger partial charge on any atom is -0.277 e. The summed E-state index contributed by atoms with van der Waals surface area (Å²) in [5.41, 5.74) is 3.73. The van der Waals surface area contributed by atoms with Crippen LogP contribution in [0.2, 0.25) is 5.02 Å². The molecule has 0 radical (unpaired) electrons. The van der Waals surface area contributed by atoms with Gasteiger partial charge in [-0.05, 0) is 30.7 Å². The van der Waals surface area contributed by atoms with Crippen molar-refractivity contribution < 1.29 is 9.63 Å². The highest BCUT2D eigenvalue weighted by atomic mass is 35.5. The first-order chi connectivity index (χ1) is 7.13. The van der Waals surface area contributed by atoms with E-state index >= 15 is 0 Å². The zero-order chi connectivity index (χ0) is 11.3. The van der Waals surface area contributed by atoms with Crippen molar-refractivity contribution in [2.24, 2.45) is 0 Å². The molecule has 0 atom stereocenters. The van der Waals surface area contributed by atoms with Gasteiger partial charge in [-0.15, -0.1) is 0 Å². The first kappa shape index (κ1) is 11.8. The largest absolute Gasteiger partial charge is 0.277 e. The van der Waals surface area contributed by atoms with Crippen LogP contribution in [0.5, 0.6) is 0 Å². The molecule has 0 bridgehead atoms. The van der Waals surface area contributed by atoms with Crippen LogP contribution in [0.25, 0.3) is 6.08 Å². The maximum atomic E-state index is 11.3. The van der Waals surface area contributed by atoms with Gasteiger partial charge in [0.25, 0.3) is 5.91 Å². The summed E-state index contributed by atoms with van der Waals surface area (Å²) in [6.07, 6.45) is 1.75. The molecule has 0 aliphatic heterocycles. The fourth-order valence-corrected chi connectivity index (χ4v) is 1.17. The highest BCUT2D eigenvalue weighted by Crippen LogP contribution is 2.12. The number of rotatable bonds is 3. The zero-order valence-corrected chi connectivity index (χ0v) is 9.34. The lowest BCUT2D eigenvalue weighted by Gasteiger charge is -2.01. The lowest BCUT2D eigenvalue weighted by Crippen LogP contribution is -2.22. The predicted octanol–water partition coefficient (Wildman–Crippen LogP) is 2.42. The van der Waals surface area contributed by atoms with E-state index in [4.69, 9.17) is 11.6 Å². The number of amides is 1. The van der Waals surface area contributed by atoms with E-state index in [9.17, 15) is 4.79 Å². The molecule has 0 saturated carbocycles. The van der Waals surface area contributed by atoms with Crippen molar-refractivity contribution in [3.05, 3.63) is 40.4 Å². The topological polar surface area (TPSA) is 38.3 Å². The lowest BCUT2D eigenvalue weighted by molar-refractivity contribution is -0.127. The second-order valence-corrected chi connectivity index (χ2v) is 3.45. The van der Waals surface area contributed by atoms with E-state index in [1.54, 1.807) is 25.1 Å². The van der Waals surface area contributed by atoms with Crippen molar-refractivity contribution >= 4 is 23.6 Å². The van der Waals surface area contributed by atoms with Crippen LogP contribution in [0, 0.1) is 0 Å². The molecule has 80 valence electrons. The van der Waals surface area contributed by atoms with Gasteiger partial charge >= 0.3 is 0 Å². The van der Waals surface area contributed by atoms with E-state index in [-0.39, 0.29) is 5.91 Å². The number of carbonyl (C=O) groups excluding carboxylic acids is 1. The summed E-state index contributed by atoms with van der Waals surface area (Å²) in [7, 11) is 1.40. The van der Waals surface area contributed by atoms with Gasteiger partial charge in [0.1, 0.15) is 0 Å². The van der Waals surface area contributed by atoms with E-state index in [0.29, 0.717) is 10.6 Å². The highest BCUT2D eigenvalue weighted by molar-refractivity contribution is 6.30. The summed E-state index contributed by atoms with van der Waals surface area (Å²) in [5, 5.41) is 0.672.